The Balaban J connectivity index is 2.51. The summed E-state index contributed by atoms with van der Waals surface area (Å²) in [5.41, 5.74) is 0.409. The van der Waals surface area contributed by atoms with E-state index in [2.05, 4.69) is 10.7 Å². The zero-order valence-corrected chi connectivity index (χ0v) is 11.4. The standard InChI is InChI=1S/C16H10F4O2/c1-3-10-6-11(8-13(7-10)22-16(18,19)20)14-5-4-12(21-2)9-15(14)17/h1,4-9H,2H3. The molecule has 0 heterocycles. The first kappa shape index (κ1) is 15.7. The summed E-state index contributed by atoms with van der Waals surface area (Å²) in [4.78, 5) is 0. The molecule has 0 N–H and O–H groups in total. The number of alkyl halides is 3. The Morgan fingerprint density at radius 3 is 2.32 bits per heavy atom. The Morgan fingerprint density at radius 2 is 1.77 bits per heavy atom. The quantitative estimate of drug-likeness (QED) is 0.618. The molecule has 0 atom stereocenters. The molecule has 2 nitrogen and oxygen atoms in total. The Kier molecular flexibility index (Phi) is 4.27. The van der Waals surface area contributed by atoms with Gasteiger partial charge in [0.2, 0.25) is 0 Å². The van der Waals surface area contributed by atoms with E-state index >= 15 is 0 Å². The predicted molar refractivity (Wildman–Crippen MR) is 73.0 cm³/mol. The van der Waals surface area contributed by atoms with Crippen molar-refractivity contribution in [1.82, 2.24) is 0 Å². The number of halogens is 4. The minimum absolute atomic E-state index is 0.0879. The van der Waals surface area contributed by atoms with E-state index in [0.29, 0.717) is 5.75 Å². The summed E-state index contributed by atoms with van der Waals surface area (Å²) >= 11 is 0. The van der Waals surface area contributed by atoms with Crippen LogP contribution in [-0.2, 0) is 0 Å². The molecule has 0 fully saturated rings. The molecule has 0 aliphatic carbocycles. The van der Waals surface area contributed by atoms with Crippen molar-refractivity contribution in [3.63, 3.8) is 0 Å². The van der Waals surface area contributed by atoms with Gasteiger partial charge in [-0.3, -0.25) is 0 Å². The topological polar surface area (TPSA) is 18.5 Å². The molecule has 0 aliphatic heterocycles. The van der Waals surface area contributed by atoms with Crippen molar-refractivity contribution in [3.05, 3.63) is 47.8 Å². The average molecular weight is 310 g/mol. The SMILES string of the molecule is C#Cc1cc(OC(F)(F)F)cc(-c2ccc(OC)cc2F)c1. The van der Waals surface area contributed by atoms with E-state index in [4.69, 9.17) is 11.2 Å². The van der Waals surface area contributed by atoms with Gasteiger partial charge >= 0.3 is 6.36 Å². The first-order valence-electron chi connectivity index (χ1n) is 6.04. The number of terminal acetylenes is 1. The molecule has 0 saturated carbocycles. The Hall–Kier alpha value is -2.68. The van der Waals surface area contributed by atoms with Crippen molar-refractivity contribution < 1.29 is 27.0 Å². The van der Waals surface area contributed by atoms with Gasteiger partial charge in [-0.05, 0) is 35.9 Å². The summed E-state index contributed by atoms with van der Waals surface area (Å²) in [6, 6.07) is 7.53. The fourth-order valence-corrected chi connectivity index (χ4v) is 1.89. The van der Waals surface area contributed by atoms with E-state index in [1.54, 1.807) is 0 Å². The number of benzene rings is 2. The van der Waals surface area contributed by atoms with Gasteiger partial charge in [-0.15, -0.1) is 19.6 Å². The number of rotatable bonds is 3. The molecule has 0 bridgehead atoms. The molecule has 0 radical (unpaired) electrons. The van der Waals surface area contributed by atoms with Gasteiger partial charge in [0.1, 0.15) is 17.3 Å². The second kappa shape index (κ2) is 5.98. The Bertz CT molecular complexity index is 730. The molecule has 2 aromatic rings. The molecule has 2 aromatic carbocycles. The molecule has 0 unspecified atom stereocenters. The molecule has 0 amide bonds. The largest absolute Gasteiger partial charge is 0.573 e. The zero-order valence-electron chi connectivity index (χ0n) is 11.4. The minimum atomic E-state index is -4.86. The first-order valence-corrected chi connectivity index (χ1v) is 6.04. The highest BCUT2D eigenvalue weighted by Crippen LogP contribution is 2.32. The lowest BCUT2D eigenvalue weighted by Gasteiger charge is -2.12. The van der Waals surface area contributed by atoms with Crippen LogP contribution in [0, 0.1) is 18.2 Å². The lowest BCUT2D eigenvalue weighted by Crippen LogP contribution is -2.17. The van der Waals surface area contributed by atoms with Gasteiger partial charge in [0.25, 0.3) is 0 Å². The zero-order chi connectivity index (χ0) is 16.3. The average Bonchev–Trinajstić information content (AvgIpc) is 2.44. The second-order valence-corrected chi connectivity index (χ2v) is 4.28. The number of methoxy groups -OCH3 is 1. The van der Waals surface area contributed by atoms with Gasteiger partial charge < -0.3 is 9.47 Å². The number of ether oxygens (including phenoxy) is 2. The Labute approximate surface area is 124 Å². The van der Waals surface area contributed by atoms with Gasteiger partial charge in [-0.2, -0.15) is 0 Å². The maximum atomic E-state index is 14.0. The number of hydrogen-bond acceptors (Lipinski definition) is 2. The monoisotopic (exact) mass is 310 g/mol. The molecular weight excluding hydrogens is 300 g/mol. The van der Waals surface area contributed by atoms with Crippen molar-refractivity contribution in [1.29, 1.82) is 0 Å². The van der Waals surface area contributed by atoms with Crippen LogP contribution in [0.3, 0.4) is 0 Å². The summed E-state index contributed by atoms with van der Waals surface area (Å²) < 4.78 is 59.7. The van der Waals surface area contributed by atoms with E-state index in [-0.39, 0.29) is 16.7 Å². The highest BCUT2D eigenvalue weighted by molar-refractivity contribution is 5.68. The molecule has 0 spiro atoms. The van der Waals surface area contributed by atoms with E-state index in [1.165, 1.54) is 25.3 Å². The maximum absolute atomic E-state index is 14.0. The Morgan fingerprint density at radius 1 is 1.05 bits per heavy atom. The van der Waals surface area contributed by atoms with Crippen molar-refractivity contribution in [2.45, 2.75) is 6.36 Å². The summed E-state index contributed by atoms with van der Waals surface area (Å²) in [7, 11) is 1.38. The highest BCUT2D eigenvalue weighted by Gasteiger charge is 2.31. The van der Waals surface area contributed by atoms with E-state index in [9.17, 15) is 17.6 Å². The van der Waals surface area contributed by atoms with Crippen molar-refractivity contribution in [3.8, 4) is 35.0 Å². The smallest absolute Gasteiger partial charge is 0.497 e. The van der Waals surface area contributed by atoms with Crippen LogP contribution >= 0.6 is 0 Å². The lowest BCUT2D eigenvalue weighted by atomic mass is 10.0. The molecule has 0 aliphatic rings. The molecule has 22 heavy (non-hydrogen) atoms. The first-order chi connectivity index (χ1) is 10.3. The van der Waals surface area contributed by atoms with E-state index in [1.807, 2.05) is 0 Å². The predicted octanol–water partition coefficient (Wildman–Crippen LogP) is 4.38. The molecule has 0 saturated heterocycles. The van der Waals surface area contributed by atoms with Crippen LogP contribution in [0.4, 0.5) is 17.6 Å². The van der Waals surface area contributed by atoms with Crippen molar-refractivity contribution in [2.24, 2.45) is 0 Å². The summed E-state index contributed by atoms with van der Waals surface area (Å²) in [5.74, 6) is 1.35. The molecule has 2 rings (SSSR count). The highest BCUT2D eigenvalue weighted by atomic mass is 19.4. The minimum Gasteiger partial charge on any atom is -0.497 e. The van der Waals surface area contributed by atoms with Gasteiger partial charge in [-0.1, -0.05) is 5.92 Å². The van der Waals surface area contributed by atoms with Gasteiger partial charge in [0, 0.05) is 17.2 Å². The fourth-order valence-electron chi connectivity index (χ4n) is 1.89. The molecule has 114 valence electrons. The molecule has 6 heteroatoms. The third-order valence-corrected chi connectivity index (χ3v) is 2.79. The molecular formula is C16H10F4O2. The van der Waals surface area contributed by atoms with Gasteiger partial charge in [0.15, 0.2) is 0 Å². The summed E-state index contributed by atoms with van der Waals surface area (Å²) in [5, 5.41) is 0. The van der Waals surface area contributed by atoms with Crippen LogP contribution in [0.1, 0.15) is 5.56 Å². The van der Waals surface area contributed by atoms with Crippen molar-refractivity contribution in [2.75, 3.05) is 7.11 Å². The van der Waals surface area contributed by atoms with Gasteiger partial charge in [-0.25, -0.2) is 4.39 Å². The van der Waals surface area contributed by atoms with Crippen LogP contribution in [0.5, 0.6) is 11.5 Å². The van der Waals surface area contributed by atoms with Crippen LogP contribution in [0.2, 0.25) is 0 Å². The summed E-state index contributed by atoms with van der Waals surface area (Å²) in [6.45, 7) is 0. The third kappa shape index (κ3) is 3.70. The maximum Gasteiger partial charge on any atom is 0.573 e. The van der Waals surface area contributed by atoms with Gasteiger partial charge in [0.05, 0.1) is 7.11 Å². The van der Waals surface area contributed by atoms with E-state index < -0.39 is 17.9 Å². The normalized spacial score (nSPS) is 10.9. The fraction of sp³-hybridized carbons (Fsp3) is 0.125. The van der Waals surface area contributed by atoms with E-state index in [0.717, 1.165) is 18.2 Å². The van der Waals surface area contributed by atoms with Crippen LogP contribution in [-0.4, -0.2) is 13.5 Å². The van der Waals surface area contributed by atoms with Crippen molar-refractivity contribution >= 4 is 0 Å². The van der Waals surface area contributed by atoms with Crippen LogP contribution in [0.25, 0.3) is 11.1 Å². The van der Waals surface area contributed by atoms with Crippen LogP contribution in [0.15, 0.2) is 36.4 Å². The third-order valence-electron chi connectivity index (χ3n) is 2.79. The lowest BCUT2D eigenvalue weighted by molar-refractivity contribution is -0.274. The number of hydrogen-bond donors (Lipinski definition) is 0. The summed E-state index contributed by atoms with van der Waals surface area (Å²) in [6.07, 6.45) is 0.354. The van der Waals surface area contributed by atoms with Crippen LogP contribution < -0.4 is 9.47 Å². The second-order valence-electron chi connectivity index (χ2n) is 4.28. The molecule has 0 aromatic heterocycles.